The molecular weight excluding hydrogens is 226 g/mol. The van der Waals surface area contributed by atoms with Crippen LogP contribution < -0.4 is 0 Å². The molecule has 0 atom stereocenters. The van der Waals surface area contributed by atoms with Crippen molar-refractivity contribution in [1.29, 1.82) is 0 Å². The van der Waals surface area contributed by atoms with Crippen LogP contribution in [-0.2, 0) is 4.79 Å². The van der Waals surface area contributed by atoms with E-state index in [1.807, 2.05) is 4.90 Å². The van der Waals surface area contributed by atoms with Crippen molar-refractivity contribution in [2.75, 3.05) is 45.8 Å². The Morgan fingerprint density at radius 2 is 1.78 bits per heavy atom. The summed E-state index contributed by atoms with van der Waals surface area (Å²) in [6.07, 6.45) is 1.26. The fraction of sp³-hybridized carbons (Fsp3) is 0.929. The van der Waals surface area contributed by atoms with Crippen molar-refractivity contribution >= 4 is 5.91 Å². The molecule has 0 aromatic heterocycles. The van der Waals surface area contributed by atoms with Crippen molar-refractivity contribution in [2.45, 2.75) is 33.2 Å². The average Bonchev–Trinajstić information content (AvgIpc) is 2.27. The van der Waals surface area contributed by atoms with Crippen LogP contribution in [0, 0.1) is 5.92 Å². The van der Waals surface area contributed by atoms with Gasteiger partial charge in [0.1, 0.15) is 0 Å². The van der Waals surface area contributed by atoms with Gasteiger partial charge < -0.3 is 9.80 Å². The molecule has 0 spiro atoms. The van der Waals surface area contributed by atoms with Crippen molar-refractivity contribution in [1.82, 2.24) is 14.7 Å². The molecule has 104 valence electrons. The Bertz CT molecular complexity index is 279. The average molecular weight is 253 g/mol. The quantitative estimate of drug-likeness (QED) is 0.744. The minimum absolute atomic E-state index is 0.233. The molecule has 2 aliphatic heterocycles. The van der Waals surface area contributed by atoms with Crippen LogP contribution in [-0.4, -0.2) is 72.5 Å². The zero-order valence-corrected chi connectivity index (χ0v) is 12.1. The van der Waals surface area contributed by atoms with Gasteiger partial charge in [-0.3, -0.25) is 9.69 Å². The van der Waals surface area contributed by atoms with E-state index in [9.17, 15) is 4.79 Å². The molecule has 0 unspecified atom stereocenters. The lowest BCUT2D eigenvalue weighted by Crippen LogP contribution is -2.52. The van der Waals surface area contributed by atoms with E-state index in [2.05, 4.69) is 23.6 Å². The highest BCUT2D eigenvalue weighted by molar-refractivity contribution is 5.74. The molecule has 2 fully saturated rings. The molecule has 4 nitrogen and oxygen atoms in total. The van der Waals surface area contributed by atoms with Gasteiger partial charge in [0.25, 0.3) is 0 Å². The van der Waals surface area contributed by atoms with Crippen LogP contribution in [0.3, 0.4) is 0 Å². The summed E-state index contributed by atoms with van der Waals surface area (Å²) in [6.45, 7) is 14.2. The van der Waals surface area contributed by atoms with E-state index in [0.29, 0.717) is 6.04 Å². The molecule has 4 heteroatoms. The smallest absolute Gasteiger partial charge is 0.219 e. The van der Waals surface area contributed by atoms with Crippen LogP contribution in [0.5, 0.6) is 0 Å². The molecule has 2 aliphatic rings. The number of piperazine rings is 1. The summed E-state index contributed by atoms with van der Waals surface area (Å²) in [4.78, 5) is 18.2. The van der Waals surface area contributed by atoms with E-state index < -0.39 is 0 Å². The first kappa shape index (κ1) is 13.8. The molecule has 0 aromatic rings. The van der Waals surface area contributed by atoms with Gasteiger partial charge in [0, 0.05) is 52.2 Å². The van der Waals surface area contributed by atoms with Gasteiger partial charge in [0.05, 0.1) is 0 Å². The first-order valence-electron chi connectivity index (χ1n) is 7.28. The van der Waals surface area contributed by atoms with Crippen LogP contribution in [0.15, 0.2) is 0 Å². The Morgan fingerprint density at radius 3 is 2.28 bits per heavy atom. The summed E-state index contributed by atoms with van der Waals surface area (Å²) < 4.78 is 0. The highest BCUT2D eigenvalue weighted by atomic mass is 16.2. The van der Waals surface area contributed by atoms with Crippen LogP contribution in [0.4, 0.5) is 0 Å². The lowest BCUT2D eigenvalue weighted by Gasteiger charge is -2.41. The second-order valence-electron chi connectivity index (χ2n) is 6.05. The maximum Gasteiger partial charge on any atom is 0.219 e. The van der Waals surface area contributed by atoms with Gasteiger partial charge in [-0.05, 0) is 32.7 Å². The Balaban J connectivity index is 1.58. The number of carbonyl (C=O) groups is 1. The molecule has 1 amide bonds. The molecule has 0 aromatic carbocycles. The van der Waals surface area contributed by atoms with Crippen molar-refractivity contribution in [3.8, 4) is 0 Å². The number of nitrogens with zero attached hydrogens (tertiary/aromatic N) is 3. The minimum Gasteiger partial charge on any atom is -0.342 e. The van der Waals surface area contributed by atoms with E-state index in [4.69, 9.17) is 0 Å². The summed E-state index contributed by atoms with van der Waals surface area (Å²) in [7, 11) is 0. The van der Waals surface area contributed by atoms with Gasteiger partial charge >= 0.3 is 0 Å². The van der Waals surface area contributed by atoms with Gasteiger partial charge in [0.2, 0.25) is 5.91 Å². The maximum absolute atomic E-state index is 11.1. The standard InChI is InChI=1S/C14H27N3O/c1-12(2)16-8-6-15(7-9-16)5-4-14-10-17(11-14)13(3)18/h12,14H,4-11H2,1-3H3. The summed E-state index contributed by atoms with van der Waals surface area (Å²) >= 11 is 0. The first-order chi connectivity index (χ1) is 8.56. The number of likely N-dealkylation sites (tertiary alicyclic amines) is 1. The third-order valence-corrected chi connectivity index (χ3v) is 4.39. The normalized spacial score (nSPS) is 23.4. The molecule has 18 heavy (non-hydrogen) atoms. The Morgan fingerprint density at radius 1 is 1.17 bits per heavy atom. The second-order valence-corrected chi connectivity index (χ2v) is 6.05. The van der Waals surface area contributed by atoms with Gasteiger partial charge in [-0.2, -0.15) is 0 Å². The highest BCUT2D eigenvalue weighted by Crippen LogP contribution is 2.19. The van der Waals surface area contributed by atoms with E-state index in [0.717, 1.165) is 19.0 Å². The van der Waals surface area contributed by atoms with Crippen molar-refractivity contribution < 1.29 is 4.79 Å². The molecule has 0 radical (unpaired) electrons. The van der Waals surface area contributed by atoms with E-state index in [1.54, 1.807) is 6.92 Å². The summed E-state index contributed by atoms with van der Waals surface area (Å²) in [5, 5.41) is 0. The number of rotatable bonds is 4. The van der Waals surface area contributed by atoms with E-state index in [-0.39, 0.29) is 5.91 Å². The molecule has 0 aliphatic carbocycles. The third kappa shape index (κ3) is 3.45. The third-order valence-electron chi connectivity index (χ3n) is 4.39. The molecule has 0 N–H and O–H groups in total. The van der Waals surface area contributed by atoms with Gasteiger partial charge in [-0.1, -0.05) is 0 Å². The Labute approximate surface area is 111 Å². The van der Waals surface area contributed by atoms with E-state index in [1.165, 1.54) is 39.1 Å². The van der Waals surface area contributed by atoms with Crippen molar-refractivity contribution in [2.24, 2.45) is 5.92 Å². The Hall–Kier alpha value is -0.610. The SMILES string of the molecule is CC(=O)N1CC(CCN2CCN(C(C)C)CC2)C1. The largest absolute Gasteiger partial charge is 0.342 e. The zero-order valence-electron chi connectivity index (χ0n) is 12.1. The topological polar surface area (TPSA) is 26.8 Å². The number of amides is 1. The van der Waals surface area contributed by atoms with Crippen LogP contribution in [0.1, 0.15) is 27.2 Å². The van der Waals surface area contributed by atoms with Gasteiger partial charge in [0.15, 0.2) is 0 Å². The monoisotopic (exact) mass is 253 g/mol. The molecule has 2 heterocycles. The zero-order chi connectivity index (χ0) is 13.1. The number of hydrogen-bond acceptors (Lipinski definition) is 3. The summed E-state index contributed by atoms with van der Waals surface area (Å²) in [5.74, 6) is 0.980. The second kappa shape index (κ2) is 6.02. The molecule has 0 bridgehead atoms. The first-order valence-corrected chi connectivity index (χ1v) is 7.28. The Kier molecular flexibility index (Phi) is 4.62. The fourth-order valence-electron chi connectivity index (χ4n) is 2.88. The van der Waals surface area contributed by atoms with Gasteiger partial charge in [-0.15, -0.1) is 0 Å². The van der Waals surface area contributed by atoms with Crippen molar-refractivity contribution in [3.63, 3.8) is 0 Å². The highest BCUT2D eigenvalue weighted by Gasteiger charge is 2.29. The van der Waals surface area contributed by atoms with Crippen LogP contribution >= 0.6 is 0 Å². The fourth-order valence-corrected chi connectivity index (χ4v) is 2.88. The molecular formula is C14H27N3O. The predicted octanol–water partition coefficient (Wildman–Crippen LogP) is 0.881. The van der Waals surface area contributed by atoms with E-state index >= 15 is 0 Å². The number of hydrogen-bond donors (Lipinski definition) is 0. The summed E-state index contributed by atoms with van der Waals surface area (Å²) in [6, 6.07) is 0.683. The molecule has 2 rings (SSSR count). The minimum atomic E-state index is 0.233. The predicted molar refractivity (Wildman–Crippen MR) is 73.5 cm³/mol. The molecule has 0 saturated carbocycles. The van der Waals surface area contributed by atoms with Crippen molar-refractivity contribution in [3.05, 3.63) is 0 Å². The number of carbonyl (C=O) groups excluding carboxylic acids is 1. The maximum atomic E-state index is 11.1. The summed E-state index contributed by atoms with van der Waals surface area (Å²) in [5.41, 5.74) is 0. The molecule has 2 saturated heterocycles. The lowest BCUT2D eigenvalue weighted by molar-refractivity contribution is -0.135. The van der Waals surface area contributed by atoms with Gasteiger partial charge in [-0.25, -0.2) is 0 Å². The van der Waals surface area contributed by atoms with Crippen LogP contribution in [0.2, 0.25) is 0 Å². The van der Waals surface area contributed by atoms with Crippen LogP contribution in [0.25, 0.3) is 0 Å². The lowest BCUT2D eigenvalue weighted by atomic mass is 9.96.